The van der Waals surface area contributed by atoms with Crippen LogP contribution in [0.5, 0.6) is 0 Å². The van der Waals surface area contributed by atoms with Gasteiger partial charge in [0, 0.05) is 26.1 Å². The fourth-order valence-electron chi connectivity index (χ4n) is 2.46. The van der Waals surface area contributed by atoms with E-state index in [0.29, 0.717) is 12.1 Å². The molecule has 1 saturated heterocycles. The van der Waals surface area contributed by atoms with Crippen LogP contribution in [0.25, 0.3) is 0 Å². The number of rotatable bonds is 7. The summed E-state index contributed by atoms with van der Waals surface area (Å²) in [6.45, 7) is 4.17. The van der Waals surface area contributed by atoms with Crippen LogP contribution in [0.3, 0.4) is 0 Å². The lowest BCUT2D eigenvalue weighted by Gasteiger charge is -2.21. The van der Waals surface area contributed by atoms with Crippen LogP contribution in [0.2, 0.25) is 0 Å². The molecule has 5 nitrogen and oxygen atoms in total. The molecule has 1 aromatic heterocycles. The summed E-state index contributed by atoms with van der Waals surface area (Å²) in [5.41, 5.74) is 0. The second-order valence-corrected chi connectivity index (χ2v) is 5.03. The molecule has 0 aliphatic carbocycles. The Hall–Kier alpha value is -0.940. The topological polar surface area (TPSA) is 52.0 Å². The van der Waals surface area contributed by atoms with Crippen LogP contribution in [-0.4, -0.2) is 40.1 Å². The van der Waals surface area contributed by atoms with E-state index in [2.05, 4.69) is 22.3 Å². The number of nitrogens with one attached hydrogen (secondary N) is 1. The molecule has 0 radical (unpaired) electrons. The molecule has 0 amide bonds. The Morgan fingerprint density at radius 1 is 1.61 bits per heavy atom. The molecule has 2 heterocycles. The molecule has 2 unspecified atom stereocenters. The highest BCUT2D eigenvalue weighted by molar-refractivity contribution is 4.90. The molecule has 0 aromatic carbocycles. The summed E-state index contributed by atoms with van der Waals surface area (Å²) in [6, 6.07) is 0.441. The van der Waals surface area contributed by atoms with Gasteiger partial charge >= 0.3 is 0 Å². The van der Waals surface area contributed by atoms with Gasteiger partial charge < -0.3 is 10.1 Å². The largest absolute Gasteiger partial charge is 0.378 e. The lowest BCUT2D eigenvalue weighted by molar-refractivity contribution is 0.0943. The summed E-state index contributed by atoms with van der Waals surface area (Å²) in [7, 11) is 1.95. The monoisotopic (exact) mass is 252 g/mol. The van der Waals surface area contributed by atoms with Crippen LogP contribution in [0, 0.1) is 0 Å². The lowest BCUT2D eigenvalue weighted by atomic mass is 10.0. The van der Waals surface area contributed by atoms with E-state index in [0.717, 1.165) is 38.2 Å². The molecule has 1 aliphatic rings. The summed E-state index contributed by atoms with van der Waals surface area (Å²) in [6.07, 6.45) is 7.60. The van der Waals surface area contributed by atoms with E-state index in [4.69, 9.17) is 4.74 Å². The SMILES string of the molecule is CCCNC(Cc1ncnn1C)CC1CCCO1. The van der Waals surface area contributed by atoms with Gasteiger partial charge in [0.15, 0.2) is 0 Å². The Balaban J connectivity index is 1.89. The minimum absolute atomic E-state index is 0.424. The predicted molar refractivity (Wildman–Crippen MR) is 70.4 cm³/mol. The van der Waals surface area contributed by atoms with Crippen LogP contribution in [-0.2, 0) is 18.2 Å². The molecule has 18 heavy (non-hydrogen) atoms. The average Bonchev–Trinajstić information content (AvgIpc) is 2.99. The summed E-state index contributed by atoms with van der Waals surface area (Å²) < 4.78 is 7.59. The Morgan fingerprint density at radius 2 is 2.50 bits per heavy atom. The van der Waals surface area contributed by atoms with Gasteiger partial charge in [-0.05, 0) is 32.2 Å². The molecule has 2 rings (SSSR count). The molecule has 0 bridgehead atoms. The van der Waals surface area contributed by atoms with Gasteiger partial charge in [-0.25, -0.2) is 4.98 Å². The Labute approximate surface area is 109 Å². The third-order valence-electron chi connectivity index (χ3n) is 3.49. The normalized spacial score (nSPS) is 21.3. The summed E-state index contributed by atoms with van der Waals surface area (Å²) >= 11 is 0. The van der Waals surface area contributed by atoms with Crippen molar-refractivity contribution in [2.24, 2.45) is 7.05 Å². The van der Waals surface area contributed by atoms with Crippen molar-refractivity contribution in [2.45, 2.75) is 51.2 Å². The average molecular weight is 252 g/mol. The van der Waals surface area contributed by atoms with Crippen molar-refractivity contribution in [2.75, 3.05) is 13.2 Å². The lowest BCUT2D eigenvalue weighted by Crippen LogP contribution is -2.35. The van der Waals surface area contributed by atoms with Crippen LogP contribution >= 0.6 is 0 Å². The van der Waals surface area contributed by atoms with Crippen molar-refractivity contribution in [1.82, 2.24) is 20.1 Å². The van der Waals surface area contributed by atoms with E-state index in [9.17, 15) is 0 Å². The van der Waals surface area contributed by atoms with Crippen molar-refractivity contribution < 1.29 is 4.74 Å². The first-order valence-corrected chi connectivity index (χ1v) is 6.97. The zero-order chi connectivity index (χ0) is 12.8. The number of nitrogens with zero attached hydrogens (tertiary/aromatic N) is 3. The van der Waals surface area contributed by atoms with Crippen molar-refractivity contribution in [3.63, 3.8) is 0 Å². The van der Waals surface area contributed by atoms with E-state index in [-0.39, 0.29) is 0 Å². The Morgan fingerprint density at radius 3 is 3.11 bits per heavy atom. The van der Waals surface area contributed by atoms with Crippen molar-refractivity contribution >= 4 is 0 Å². The number of aryl methyl sites for hydroxylation is 1. The van der Waals surface area contributed by atoms with E-state index >= 15 is 0 Å². The molecule has 2 atom stereocenters. The van der Waals surface area contributed by atoms with Gasteiger partial charge in [0.25, 0.3) is 0 Å². The molecular weight excluding hydrogens is 228 g/mol. The highest BCUT2D eigenvalue weighted by atomic mass is 16.5. The second kappa shape index (κ2) is 6.85. The van der Waals surface area contributed by atoms with E-state index in [1.165, 1.54) is 12.8 Å². The van der Waals surface area contributed by atoms with Crippen molar-refractivity contribution in [3.8, 4) is 0 Å². The van der Waals surface area contributed by atoms with Crippen molar-refractivity contribution in [1.29, 1.82) is 0 Å². The fraction of sp³-hybridized carbons (Fsp3) is 0.846. The van der Waals surface area contributed by atoms with Crippen LogP contribution in [0.4, 0.5) is 0 Å². The van der Waals surface area contributed by atoms with E-state index in [1.807, 2.05) is 11.7 Å². The zero-order valence-electron chi connectivity index (χ0n) is 11.4. The Kier molecular flexibility index (Phi) is 5.13. The van der Waals surface area contributed by atoms with Crippen LogP contribution < -0.4 is 5.32 Å². The third-order valence-corrected chi connectivity index (χ3v) is 3.49. The van der Waals surface area contributed by atoms with Gasteiger partial charge in [-0.15, -0.1) is 0 Å². The zero-order valence-corrected chi connectivity index (χ0v) is 11.4. The molecule has 1 N–H and O–H groups in total. The highest BCUT2D eigenvalue weighted by Crippen LogP contribution is 2.18. The van der Waals surface area contributed by atoms with Gasteiger partial charge in [-0.3, -0.25) is 4.68 Å². The van der Waals surface area contributed by atoms with Crippen molar-refractivity contribution in [3.05, 3.63) is 12.2 Å². The minimum atomic E-state index is 0.424. The standard InChI is InChI=1S/C13H24N4O/c1-3-6-14-11(8-12-5-4-7-18-12)9-13-15-10-16-17(13)2/h10-12,14H,3-9H2,1-2H3. The first-order valence-electron chi connectivity index (χ1n) is 6.97. The third kappa shape index (κ3) is 3.78. The second-order valence-electron chi connectivity index (χ2n) is 5.03. The smallest absolute Gasteiger partial charge is 0.138 e. The number of ether oxygens (including phenoxy) is 1. The number of hydrogen-bond acceptors (Lipinski definition) is 4. The fourth-order valence-corrected chi connectivity index (χ4v) is 2.46. The molecule has 1 aromatic rings. The molecular formula is C13H24N4O. The van der Waals surface area contributed by atoms with Gasteiger partial charge in [0.2, 0.25) is 0 Å². The van der Waals surface area contributed by atoms with Gasteiger partial charge in [0.1, 0.15) is 12.2 Å². The maximum absolute atomic E-state index is 5.73. The molecule has 1 fully saturated rings. The highest BCUT2D eigenvalue weighted by Gasteiger charge is 2.21. The predicted octanol–water partition coefficient (Wildman–Crippen LogP) is 1.29. The summed E-state index contributed by atoms with van der Waals surface area (Å²) in [5.74, 6) is 1.04. The maximum Gasteiger partial charge on any atom is 0.138 e. The first kappa shape index (κ1) is 13.5. The molecule has 1 aliphatic heterocycles. The van der Waals surface area contributed by atoms with E-state index < -0.39 is 0 Å². The summed E-state index contributed by atoms with van der Waals surface area (Å²) in [4.78, 5) is 4.31. The molecule has 0 saturated carbocycles. The number of aromatic nitrogens is 3. The van der Waals surface area contributed by atoms with Gasteiger partial charge in [-0.1, -0.05) is 6.92 Å². The van der Waals surface area contributed by atoms with Gasteiger partial charge in [0.05, 0.1) is 6.10 Å². The van der Waals surface area contributed by atoms with E-state index in [1.54, 1.807) is 6.33 Å². The van der Waals surface area contributed by atoms with Crippen LogP contribution in [0.1, 0.15) is 38.4 Å². The number of hydrogen-bond donors (Lipinski definition) is 1. The Bertz CT molecular complexity index is 347. The quantitative estimate of drug-likeness (QED) is 0.794. The first-order chi connectivity index (χ1) is 8.79. The molecule has 5 heteroatoms. The molecule has 102 valence electrons. The summed E-state index contributed by atoms with van der Waals surface area (Å²) in [5, 5.41) is 7.73. The van der Waals surface area contributed by atoms with Crippen LogP contribution in [0.15, 0.2) is 6.33 Å². The molecule has 0 spiro atoms. The minimum Gasteiger partial charge on any atom is -0.378 e. The van der Waals surface area contributed by atoms with Gasteiger partial charge in [-0.2, -0.15) is 5.10 Å². The maximum atomic E-state index is 5.73.